The van der Waals surface area contributed by atoms with Crippen LogP contribution in [0.1, 0.15) is 38.5 Å². The molecule has 0 aromatic rings. The summed E-state index contributed by atoms with van der Waals surface area (Å²) in [5.41, 5.74) is -0.732. The van der Waals surface area contributed by atoms with Crippen LogP contribution in [0.25, 0.3) is 0 Å². The average molecular weight is 224 g/mol. The van der Waals surface area contributed by atoms with E-state index in [-0.39, 0.29) is 23.5 Å². The predicted octanol–water partition coefficient (Wildman–Crippen LogP) is 1.27. The molecule has 0 atom stereocenters. The molecule has 0 radical (unpaired) electrons. The van der Waals surface area contributed by atoms with Crippen molar-refractivity contribution in [2.45, 2.75) is 38.5 Å². The van der Waals surface area contributed by atoms with E-state index in [0.29, 0.717) is 38.5 Å². The minimum absolute atomic E-state index is 0.0841. The topological polar surface area (TPSA) is 60.4 Å². The van der Waals surface area contributed by atoms with Crippen molar-refractivity contribution in [3.05, 3.63) is 0 Å². The number of hydrogen-bond acceptors (Lipinski definition) is 4. The lowest BCUT2D eigenvalue weighted by atomic mass is 9.68. The van der Waals surface area contributed by atoms with Crippen molar-refractivity contribution in [3.8, 4) is 0 Å². The van der Waals surface area contributed by atoms with Gasteiger partial charge in [0.15, 0.2) is 0 Å². The van der Waals surface area contributed by atoms with Gasteiger partial charge in [-0.15, -0.1) is 0 Å². The highest BCUT2D eigenvalue weighted by molar-refractivity contribution is 6.12. The Kier molecular flexibility index (Phi) is 2.82. The van der Waals surface area contributed by atoms with E-state index in [1.54, 1.807) is 0 Å². The Labute approximate surface area is 94.3 Å². The van der Waals surface area contributed by atoms with Crippen molar-refractivity contribution in [1.82, 2.24) is 0 Å². The second kappa shape index (κ2) is 4.00. The van der Waals surface area contributed by atoms with Crippen molar-refractivity contribution < 1.29 is 19.1 Å². The maximum absolute atomic E-state index is 11.8. The molecule has 1 spiro atoms. The first-order valence-electron chi connectivity index (χ1n) is 5.74. The van der Waals surface area contributed by atoms with E-state index in [1.807, 2.05) is 0 Å². The third kappa shape index (κ3) is 1.56. The molecule has 0 N–H and O–H groups in total. The van der Waals surface area contributed by atoms with Crippen molar-refractivity contribution in [3.63, 3.8) is 0 Å². The van der Waals surface area contributed by atoms with Crippen molar-refractivity contribution in [1.29, 1.82) is 0 Å². The third-order valence-electron chi connectivity index (χ3n) is 4.02. The van der Waals surface area contributed by atoms with E-state index in [2.05, 4.69) is 4.74 Å². The van der Waals surface area contributed by atoms with E-state index in [1.165, 1.54) is 7.11 Å². The second-order valence-electron chi connectivity index (χ2n) is 4.73. The second-order valence-corrected chi connectivity index (χ2v) is 4.73. The van der Waals surface area contributed by atoms with Gasteiger partial charge in [0.25, 0.3) is 0 Å². The molecule has 0 amide bonds. The lowest BCUT2D eigenvalue weighted by molar-refractivity contribution is -0.150. The summed E-state index contributed by atoms with van der Waals surface area (Å²) in [6.45, 7) is 0. The number of methoxy groups -OCH3 is 1. The molecule has 16 heavy (non-hydrogen) atoms. The minimum atomic E-state index is -0.732. The number of Topliss-reactive ketones (excluding diaryl/α,β-unsaturated/α-hetero) is 2. The van der Waals surface area contributed by atoms with Gasteiger partial charge in [-0.2, -0.15) is 0 Å². The zero-order chi connectivity index (χ0) is 11.8. The Morgan fingerprint density at radius 3 is 2.12 bits per heavy atom. The maximum atomic E-state index is 11.8. The van der Waals surface area contributed by atoms with Gasteiger partial charge in [-0.1, -0.05) is 0 Å². The monoisotopic (exact) mass is 224 g/mol. The van der Waals surface area contributed by atoms with Crippen LogP contribution in [0.2, 0.25) is 0 Å². The first-order chi connectivity index (χ1) is 7.60. The molecule has 0 unspecified atom stereocenters. The zero-order valence-corrected chi connectivity index (χ0v) is 9.45. The molecule has 0 aliphatic heterocycles. The van der Waals surface area contributed by atoms with Crippen LogP contribution in [-0.2, 0) is 19.1 Å². The largest absolute Gasteiger partial charge is 0.469 e. The fraction of sp³-hybridized carbons (Fsp3) is 0.750. The van der Waals surface area contributed by atoms with Gasteiger partial charge in [0.2, 0.25) is 0 Å². The molecule has 2 aliphatic rings. The van der Waals surface area contributed by atoms with Crippen molar-refractivity contribution in [2.75, 3.05) is 7.11 Å². The lowest BCUT2D eigenvalue weighted by Gasteiger charge is -2.33. The molecule has 0 bridgehead atoms. The van der Waals surface area contributed by atoms with Crippen LogP contribution in [0.5, 0.6) is 0 Å². The molecular formula is C12H16O4. The summed E-state index contributed by atoms with van der Waals surface area (Å²) < 4.78 is 4.69. The zero-order valence-electron chi connectivity index (χ0n) is 9.45. The molecule has 0 aromatic carbocycles. The predicted molar refractivity (Wildman–Crippen MR) is 55.7 cm³/mol. The number of hydrogen-bond donors (Lipinski definition) is 0. The van der Waals surface area contributed by atoms with Gasteiger partial charge in [-0.25, -0.2) is 0 Å². The van der Waals surface area contributed by atoms with Crippen LogP contribution < -0.4 is 0 Å². The van der Waals surface area contributed by atoms with Crippen LogP contribution >= 0.6 is 0 Å². The van der Waals surface area contributed by atoms with Gasteiger partial charge in [-0.05, 0) is 25.7 Å². The Balaban J connectivity index is 2.06. The number of rotatable bonds is 1. The Morgan fingerprint density at radius 2 is 1.69 bits per heavy atom. The number of ether oxygens (including phenoxy) is 1. The van der Waals surface area contributed by atoms with Gasteiger partial charge in [0.1, 0.15) is 11.6 Å². The molecule has 2 rings (SSSR count). The summed E-state index contributed by atoms with van der Waals surface area (Å²) in [4.78, 5) is 34.9. The molecule has 4 heteroatoms. The third-order valence-corrected chi connectivity index (χ3v) is 4.02. The number of carbonyl (C=O) groups is 3. The maximum Gasteiger partial charge on any atom is 0.308 e. The summed E-state index contributed by atoms with van der Waals surface area (Å²) in [6.07, 6.45) is 3.05. The van der Waals surface area contributed by atoms with Crippen molar-refractivity contribution in [2.24, 2.45) is 11.3 Å². The normalized spacial score (nSPS) is 25.1. The Hall–Kier alpha value is -1.19. The van der Waals surface area contributed by atoms with Crippen molar-refractivity contribution >= 4 is 17.5 Å². The highest BCUT2D eigenvalue weighted by Gasteiger charge is 2.51. The van der Waals surface area contributed by atoms with Gasteiger partial charge < -0.3 is 4.74 Å². The summed E-state index contributed by atoms with van der Waals surface area (Å²) >= 11 is 0. The SMILES string of the molecule is COC(=O)C1CCC2(CC1)C(=O)CCC2=O. The molecule has 0 aromatic heterocycles. The molecule has 4 nitrogen and oxygen atoms in total. The molecule has 88 valence electrons. The highest BCUT2D eigenvalue weighted by Crippen LogP contribution is 2.45. The number of carbonyl (C=O) groups excluding carboxylic acids is 3. The van der Waals surface area contributed by atoms with Crippen LogP contribution in [0.15, 0.2) is 0 Å². The van der Waals surface area contributed by atoms with E-state index in [9.17, 15) is 14.4 Å². The fourth-order valence-electron chi connectivity index (χ4n) is 2.93. The highest BCUT2D eigenvalue weighted by atomic mass is 16.5. The summed E-state index contributed by atoms with van der Waals surface area (Å²) in [5, 5.41) is 0. The molecular weight excluding hydrogens is 208 g/mol. The van der Waals surface area contributed by atoms with E-state index >= 15 is 0 Å². The molecule has 0 saturated heterocycles. The lowest BCUT2D eigenvalue weighted by Crippen LogP contribution is -2.38. The Bertz CT molecular complexity index is 319. The average Bonchev–Trinajstić information content (AvgIpc) is 2.58. The van der Waals surface area contributed by atoms with Gasteiger partial charge in [-0.3, -0.25) is 14.4 Å². The summed E-state index contributed by atoms with van der Waals surface area (Å²) in [6, 6.07) is 0. The number of ketones is 2. The summed E-state index contributed by atoms with van der Waals surface area (Å²) in [5.74, 6) is -0.175. The minimum Gasteiger partial charge on any atom is -0.469 e. The van der Waals surface area contributed by atoms with E-state index in [4.69, 9.17) is 0 Å². The fourth-order valence-corrected chi connectivity index (χ4v) is 2.93. The van der Waals surface area contributed by atoms with E-state index in [0.717, 1.165) is 0 Å². The first kappa shape index (κ1) is 11.3. The molecule has 2 aliphatic carbocycles. The standard InChI is InChI=1S/C12H16O4/c1-16-11(15)8-4-6-12(7-5-8)9(13)2-3-10(12)14/h8H,2-7H2,1H3. The quantitative estimate of drug-likeness (QED) is 0.497. The van der Waals surface area contributed by atoms with Gasteiger partial charge >= 0.3 is 5.97 Å². The Morgan fingerprint density at radius 1 is 1.19 bits per heavy atom. The van der Waals surface area contributed by atoms with Crippen LogP contribution in [0.4, 0.5) is 0 Å². The molecule has 2 saturated carbocycles. The molecule has 2 fully saturated rings. The van der Waals surface area contributed by atoms with E-state index < -0.39 is 5.41 Å². The van der Waals surface area contributed by atoms with Crippen LogP contribution in [0, 0.1) is 11.3 Å². The smallest absolute Gasteiger partial charge is 0.308 e. The van der Waals surface area contributed by atoms with Gasteiger partial charge in [0, 0.05) is 12.8 Å². The number of esters is 1. The first-order valence-corrected chi connectivity index (χ1v) is 5.74. The summed E-state index contributed by atoms with van der Waals surface area (Å²) in [7, 11) is 1.37. The van der Waals surface area contributed by atoms with Gasteiger partial charge in [0.05, 0.1) is 18.4 Å². The van der Waals surface area contributed by atoms with Crippen LogP contribution in [0.3, 0.4) is 0 Å². The molecule has 0 heterocycles. The van der Waals surface area contributed by atoms with Crippen LogP contribution in [-0.4, -0.2) is 24.6 Å².